The Labute approximate surface area is 147 Å². The van der Waals surface area contributed by atoms with Gasteiger partial charge in [-0.25, -0.2) is 0 Å². The second kappa shape index (κ2) is 7.86. The maximum atomic E-state index is 10.1. The van der Waals surface area contributed by atoms with Crippen molar-refractivity contribution >= 4 is 11.6 Å². The van der Waals surface area contributed by atoms with E-state index in [9.17, 15) is 5.21 Å². The van der Waals surface area contributed by atoms with Crippen molar-refractivity contribution in [2.24, 2.45) is 4.99 Å². The highest BCUT2D eigenvalue weighted by Gasteiger charge is 2.20. The molecule has 0 unspecified atom stereocenters. The number of nitrogens with one attached hydrogen (secondary N) is 1. The summed E-state index contributed by atoms with van der Waals surface area (Å²) in [6.45, 7) is 2.73. The summed E-state index contributed by atoms with van der Waals surface area (Å²) in [6, 6.07) is 14.7. The van der Waals surface area contributed by atoms with Gasteiger partial charge >= 0.3 is 0 Å². The Kier molecular flexibility index (Phi) is 5.59. The first-order chi connectivity index (χ1) is 11.6. The molecule has 1 aliphatic rings. The van der Waals surface area contributed by atoms with Crippen LogP contribution in [0.15, 0.2) is 47.5 Å². The zero-order valence-electron chi connectivity index (χ0n) is 14.0. The van der Waals surface area contributed by atoms with Gasteiger partial charge in [-0.2, -0.15) is 4.73 Å². The summed E-state index contributed by atoms with van der Waals surface area (Å²) in [5.74, 6) is 0. The van der Waals surface area contributed by atoms with Gasteiger partial charge in [0.15, 0.2) is 5.49 Å². The van der Waals surface area contributed by atoms with Crippen LogP contribution in [0.3, 0.4) is 0 Å². The Morgan fingerprint density at radius 3 is 2.58 bits per heavy atom. The molecular formula is C19H24ClN3O. The van der Waals surface area contributed by atoms with Crippen LogP contribution in [0, 0.1) is 6.92 Å². The van der Waals surface area contributed by atoms with Crippen LogP contribution in [-0.4, -0.2) is 22.0 Å². The van der Waals surface area contributed by atoms with E-state index < -0.39 is 0 Å². The van der Waals surface area contributed by atoms with E-state index in [1.165, 1.54) is 5.56 Å². The SMILES string of the molecule is Cc1cc(Cl)cc(=NC2CCC(NCc3ccccc3)CC2)n1O. The Hall–Kier alpha value is -1.78. The molecule has 0 bridgehead atoms. The minimum absolute atomic E-state index is 0.246. The van der Waals surface area contributed by atoms with Crippen LogP contribution in [0.25, 0.3) is 0 Å². The quantitative estimate of drug-likeness (QED) is 0.830. The molecule has 0 radical (unpaired) electrons. The molecule has 1 aliphatic carbocycles. The van der Waals surface area contributed by atoms with Gasteiger partial charge in [-0.3, -0.25) is 4.99 Å². The summed E-state index contributed by atoms with van der Waals surface area (Å²) in [7, 11) is 0. The largest absolute Gasteiger partial charge is 0.427 e. The lowest BCUT2D eigenvalue weighted by Crippen LogP contribution is -2.34. The Morgan fingerprint density at radius 1 is 1.17 bits per heavy atom. The van der Waals surface area contributed by atoms with Gasteiger partial charge in [0.25, 0.3) is 0 Å². The van der Waals surface area contributed by atoms with Gasteiger partial charge in [0.1, 0.15) is 0 Å². The average molecular weight is 346 g/mol. The highest BCUT2D eigenvalue weighted by Crippen LogP contribution is 2.21. The number of hydrogen-bond acceptors (Lipinski definition) is 3. The van der Waals surface area contributed by atoms with Crippen LogP contribution in [0.4, 0.5) is 0 Å². The zero-order valence-corrected chi connectivity index (χ0v) is 14.7. The molecular weight excluding hydrogens is 322 g/mol. The molecule has 0 atom stereocenters. The van der Waals surface area contributed by atoms with E-state index in [0.717, 1.165) is 37.0 Å². The number of aromatic nitrogens is 1. The highest BCUT2D eigenvalue weighted by molar-refractivity contribution is 6.30. The van der Waals surface area contributed by atoms with E-state index in [2.05, 4.69) is 29.6 Å². The zero-order chi connectivity index (χ0) is 16.9. The fourth-order valence-electron chi connectivity index (χ4n) is 3.21. The Bertz CT molecular complexity index is 734. The standard InChI is InChI=1S/C19H24ClN3O/c1-14-11-16(20)12-19(23(14)24)22-18-9-7-17(8-10-18)21-13-15-5-3-2-4-6-15/h2-6,11-12,17-18,21,24H,7-10,13H2,1H3. The third-order valence-electron chi connectivity index (χ3n) is 4.61. The van der Waals surface area contributed by atoms with Gasteiger partial charge in [0.05, 0.1) is 11.7 Å². The number of hydrogen-bond donors (Lipinski definition) is 2. The minimum atomic E-state index is 0.246. The topological polar surface area (TPSA) is 49.5 Å². The fourth-order valence-corrected chi connectivity index (χ4v) is 3.47. The molecule has 2 N–H and O–H groups in total. The molecule has 128 valence electrons. The van der Waals surface area contributed by atoms with Crippen molar-refractivity contribution in [3.63, 3.8) is 0 Å². The molecule has 1 fully saturated rings. The third-order valence-corrected chi connectivity index (χ3v) is 4.83. The second-order valence-electron chi connectivity index (χ2n) is 6.49. The Morgan fingerprint density at radius 2 is 1.88 bits per heavy atom. The predicted octanol–water partition coefficient (Wildman–Crippen LogP) is 3.69. The van der Waals surface area contributed by atoms with Crippen molar-refractivity contribution in [3.8, 4) is 0 Å². The second-order valence-corrected chi connectivity index (χ2v) is 6.92. The maximum absolute atomic E-state index is 10.1. The molecule has 0 aliphatic heterocycles. The minimum Gasteiger partial charge on any atom is -0.427 e. The molecule has 1 saturated carbocycles. The van der Waals surface area contributed by atoms with Crippen molar-refractivity contribution < 1.29 is 5.21 Å². The van der Waals surface area contributed by atoms with Gasteiger partial charge < -0.3 is 10.5 Å². The first-order valence-corrected chi connectivity index (χ1v) is 8.89. The normalized spacial score (nSPS) is 21.8. The van der Waals surface area contributed by atoms with Gasteiger partial charge in [-0.15, -0.1) is 0 Å². The van der Waals surface area contributed by atoms with Gasteiger partial charge in [-0.05, 0) is 44.2 Å². The molecule has 2 aromatic rings. The molecule has 24 heavy (non-hydrogen) atoms. The van der Waals surface area contributed by atoms with Crippen molar-refractivity contribution in [1.82, 2.24) is 10.0 Å². The van der Waals surface area contributed by atoms with Gasteiger partial charge in [0.2, 0.25) is 0 Å². The fraction of sp³-hybridized carbons (Fsp3) is 0.421. The van der Waals surface area contributed by atoms with Crippen LogP contribution >= 0.6 is 11.6 Å². The molecule has 0 saturated heterocycles. The lowest BCUT2D eigenvalue weighted by Gasteiger charge is -2.27. The summed E-state index contributed by atoms with van der Waals surface area (Å²) < 4.78 is 1.12. The van der Waals surface area contributed by atoms with Gasteiger partial charge in [-0.1, -0.05) is 41.9 Å². The van der Waals surface area contributed by atoms with Gasteiger partial charge in [0, 0.05) is 23.7 Å². The van der Waals surface area contributed by atoms with E-state index in [1.54, 1.807) is 12.1 Å². The summed E-state index contributed by atoms with van der Waals surface area (Å²) in [4.78, 5) is 4.69. The van der Waals surface area contributed by atoms with E-state index in [1.807, 2.05) is 13.0 Å². The van der Waals surface area contributed by atoms with E-state index in [4.69, 9.17) is 16.6 Å². The first kappa shape index (κ1) is 17.1. The van der Waals surface area contributed by atoms with E-state index in [0.29, 0.717) is 22.2 Å². The number of benzene rings is 1. The molecule has 0 spiro atoms. The molecule has 1 aromatic carbocycles. The predicted molar refractivity (Wildman–Crippen MR) is 96.3 cm³/mol. The van der Waals surface area contributed by atoms with Crippen molar-refractivity contribution in [1.29, 1.82) is 0 Å². The van der Waals surface area contributed by atoms with E-state index in [-0.39, 0.29) is 6.04 Å². The van der Waals surface area contributed by atoms with Crippen LogP contribution in [0.2, 0.25) is 5.02 Å². The molecule has 1 aromatic heterocycles. The van der Waals surface area contributed by atoms with Crippen molar-refractivity contribution in [2.45, 2.75) is 51.2 Å². The maximum Gasteiger partial charge on any atom is 0.165 e. The van der Waals surface area contributed by atoms with Crippen molar-refractivity contribution in [2.75, 3.05) is 0 Å². The van der Waals surface area contributed by atoms with Crippen LogP contribution in [0.1, 0.15) is 36.9 Å². The number of nitrogens with zero attached hydrogens (tertiary/aromatic N) is 2. The summed E-state index contributed by atoms with van der Waals surface area (Å²) in [6.07, 6.45) is 4.26. The molecule has 0 amide bonds. The van der Waals surface area contributed by atoms with E-state index >= 15 is 0 Å². The monoisotopic (exact) mass is 345 g/mol. The summed E-state index contributed by atoms with van der Waals surface area (Å²) in [5, 5.41) is 14.3. The molecule has 5 heteroatoms. The first-order valence-electron chi connectivity index (χ1n) is 8.51. The van der Waals surface area contributed by atoms with Crippen LogP contribution < -0.4 is 10.8 Å². The average Bonchev–Trinajstić information content (AvgIpc) is 2.59. The summed E-state index contributed by atoms with van der Waals surface area (Å²) >= 11 is 6.07. The number of aryl methyl sites for hydroxylation is 1. The smallest absolute Gasteiger partial charge is 0.165 e. The van der Waals surface area contributed by atoms with Crippen molar-refractivity contribution in [3.05, 3.63) is 64.2 Å². The summed E-state index contributed by atoms with van der Waals surface area (Å²) in [5.41, 5.74) is 2.56. The highest BCUT2D eigenvalue weighted by atomic mass is 35.5. The molecule has 4 nitrogen and oxygen atoms in total. The lowest BCUT2D eigenvalue weighted by atomic mass is 9.91. The molecule has 3 rings (SSSR count). The number of rotatable bonds is 4. The molecule has 1 heterocycles. The van der Waals surface area contributed by atoms with Crippen LogP contribution in [0.5, 0.6) is 0 Å². The number of pyridine rings is 1. The van der Waals surface area contributed by atoms with Crippen LogP contribution in [-0.2, 0) is 6.54 Å². The Balaban J connectivity index is 1.56. The lowest BCUT2D eigenvalue weighted by molar-refractivity contribution is 0.163. The third kappa shape index (κ3) is 4.40. The number of halogens is 1.